The fourth-order valence-electron chi connectivity index (χ4n) is 4.28. The Labute approximate surface area is 153 Å². The van der Waals surface area contributed by atoms with Crippen LogP contribution in [0.15, 0.2) is 12.1 Å². The SMILES string of the molecule is Cc1ccc(CN2C[C@H]3COC[C@@H]2CN(C(=O)C2CCOCC2)C3)s1. The summed E-state index contributed by atoms with van der Waals surface area (Å²) in [5, 5.41) is 0. The maximum atomic E-state index is 13.0. The molecule has 0 radical (unpaired) electrons. The van der Waals surface area contributed by atoms with Gasteiger partial charge in [-0.2, -0.15) is 0 Å². The predicted molar refractivity (Wildman–Crippen MR) is 97.7 cm³/mol. The van der Waals surface area contributed by atoms with E-state index in [-0.39, 0.29) is 5.92 Å². The van der Waals surface area contributed by atoms with E-state index in [1.165, 1.54) is 9.75 Å². The van der Waals surface area contributed by atoms with E-state index in [4.69, 9.17) is 9.47 Å². The van der Waals surface area contributed by atoms with Gasteiger partial charge in [-0.15, -0.1) is 11.3 Å². The van der Waals surface area contributed by atoms with Crippen molar-refractivity contribution in [3.05, 3.63) is 21.9 Å². The van der Waals surface area contributed by atoms with E-state index in [9.17, 15) is 4.79 Å². The molecule has 0 saturated carbocycles. The zero-order valence-corrected chi connectivity index (χ0v) is 15.8. The second-order valence-corrected chi connectivity index (χ2v) is 9.00. The smallest absolute Gasteiger partial charge is 0.225 e. The van der Waals surface area contributed by atoms with Gasteiger partial charge in [-0.25, -0.2) is 0 Å². The third-order valence-electron chi connectivity index (χ3n) is 5.62. The van der Waals surface area contributed by atoms with Gasteiger partial charge in [0.05, 0.1) is 19.3 Å². The van der Waals surface area contributed by atoms with Crippen LogP contribution in [0.25, 0.3) is 0 Å². The first-order valence-corrected chi connectivity index (χ1v) is 10.2. The molecular weight excluding hydrogens is 336 g/mol. The fourth-order valence-corrected chi connectivity index (χ4v) is 5.19. The van der Waals surface area contributed by atoms with Crippen LogP contribution >= 0.6 is 11.3 Å². The number of fused-ring (bicyclic) bond motifs is 3. The van der Waals surface area contributed by atoms with Gasteiger partial charge >= 0.3 is 0 Å². The van der Waals surface area contributed by atoms with Crippen LogP contribution in [0.1, 0.15) is 22.6 Å². The molecular formula is C19H28N2O3S. The summed E-state index contributed by atoms with van der Waals surface area (Å²) in [5.41, 5.74) is 0. The first-order valence-electron chi connectivity index (χ1n) is 9.42. The van der Waals surface area contributed by atoms with Crippen molar-refractivity contribution in [2.75, 3.05) is 46.1 Å². The number of ether oxygens (including phenoxy) is 2. The minimum atomic E-state index is 0.155. The van der Waals surface area contributed by atoms with Crippen LogP contribution in [-0.2, 0) is 20.8 Å². The first-order chi connectivity index (χ1) is 12.2. The Morgan fingerprint density at radius 2 is 2.00 bits per heavy atom. The summed E-state index contributed by atoms with van der Waals surface area (Å²) in [5.74, 6) is 0.910. The van der Waals surface area contributed by atoms with E-state index in [0.717, 1.165) is 65.4 Å². The molecule has 4 heterocycles. The molecule has 25 heavy (non-hydrogen) atoms. The number of nitrogens with zero attached hydrogens (tertiary/aromatic N) is 2. The Kier molecular flexibility index (Phi) is 5.41. The molecule has 0 aliphatic carbocycles. The normalized spacial score (nSPS) is 28.8. The Bertz CT molecular complexity index is 599. The van der Waals surface area contributed by atoms with Gasteiger partial charge in [0, 0.05) is 61.0 Å². The molecule has 6 heteroatoms. The van der Waals surface area contributed by atoms with Crippen LogP contribution in [0.5, 0.6) is 0 Å². The summed E-state index contributed by atoms with van der Waals surface area (Å²) in [7, 11) is 0. The fraction of sp³-hybridized carbons (Fsp3) is 0.737. The van der Waals surface area contributed by atoms with Crippen molar-refractivity contribution in [2.24, 2.45) is 11.8 Å². The molecule has 3 saturated heterocycles. The Balaban J connectivity index is 1.46. The molecule has 0 aromatic carbocycles. The number of carbonyl (C=O) groups excluding carboxylic acids is 1. The molecule has 0 spiro atoms. The monoisotopic (exact) mass is 364 g/mol. The van der Waals surface area contributed by atoms with Gasteiger partial charge in [-0.3, -0.25) is 9.69 Å². The van der Waals surface area contributed by atoms with Gasteiger partial charge in [0.1, 0.15) is 0 Å². The van der Waals surface area contributed by atoms with Crippen LogP contribution in [0, 0.1) is 18.8 Å². The maximum Gasteiger partial charge on any atom is 0.225 e. The molecule has 5 nitrogen and oxygen atoms in total. The Morgan fingerprint density at radius 1 is 1.16 bits per heavy atom. The number of aryl methyl sites for hydroxylation is 1. The van der Waals surface area contributed by atoms with Crippen LogP contribution in [0.2, 0.25) is 0 Å². The zero-order chi connectivity index (χ0) is 17.2. The maximum absolute atomic E-state index is 13.0. The number of carbonyl (C=O) groups is 1. The summed E-state index contributed by atoms with van der Waals surface area (Å²) in [6, 6.07) is 4.74. The molecule has 3 aliphatic rings. The van der Waals surface area contributed by atoms with E-state index in [2.05, 4.69) is 28.9 Å². The lowest BCUT2D eigenvalue weighted by molar-refractivity contribution is -0.140. The quantitative estimate of drug-likeness (QED) is 0.824. The van der Waals surface area contributed by atoms with Crippen molar-refractivity contribution >= 4 is 17.2 Å². The molecule has 3 fully saturated rings. The highest BCUT2D eigenvalue weighted by atomic mass is 32.1. The Hall–Kier alpha value is -0.950. The van der Waals surface area contributed by atoms with Gasteiger partial charge in [0.2, 0.25) is 5.91 Å². The third kappa shape index (κ3) is 4.08. The van der Waals surface area contributed by atoms with Crippen molar-refractivity contribution < 1.29 is 14.3 Å². The Morgan fingerprint density at radius 3 is 2.76 bits per heavy atom. The predicted octanol–water partition coefficient (Wildman–Crippen LogP) is 2.14. The summed E-state index contributed by atoms with van der Waals surface area (Å²) in [4.78, 5) is 20.5. The number of thiophene rings is 1. The zero-order valence-electron chi connectivity index (χ0n) is 15.0. The van der Waals surface area contributed by atoms with Gasteiger partial charge in [0.25, 0.3) is 0 Å². The number of hydrogen-bond donors (Lipinski definition) is 0. The topological polar surface area (TPSA) is 42.0 Å². The van der Waals surface area contributed by atoms with Crippen LogP contribution in [0.3, 0.4) is 0 Å². The standard InChI is InChI=1S/C19H28N2O3S/c1-14-2-3-18(25-14)11-20-8-15-9-21(10-17(20)13-24-12-15)19(22)16-4-6-23-7-5-16/h2-3,15-17H,4-13H2,1H3/t15-,17+/m1/s1. The van der Waals surface area contributed by atoms with Crippen molar-refractivity contribution in [1.82, 2.24) is 9.80 Å². The largest absolute Gasteiger partial charge is 0.381 e. The van der Waals surface area contributed by atoms with Gasteiger partial charge in [0.15, 0.2) is 0 Å². The lowest BCUT2D eigenvalue weighted by Gasteiger charge is -2.34. The van der Waals surface area contributed by atoms with Gasteiger partial charge < -0.3 is 14.4 Å². The highest BCUT2D eigenvalue weighted by Gasteiger charge is 2.37. The molecule has 0 N–H and O–H groups in total. The molecule has 0 unspecified atom stereocenters. The second kappa shape index (κ2) is 7.74. The minimum absolute atomic E-state index is 0.155. The highest BCUT2D eigenvalue weighted by Crippen LogP contribution is 2.26. The van der Waals surface area contributed by atoms with Crippen molar-refractivity contribution in [3.63, 3.8) is 0 Å². The van der Waals surface area contributed by atoms with Crippen molar-refractivity contribution in [1.29, 1.82) is 0 Å². The van der Waals surface area contributed by atoms with Gasteiger partial charge in [-0.05, 0) is 31.9 Å². The molecule has 2 bridgehead atoms. The highest BCUT2D eigenvalue weighted by molar-refractivity contribution is 7.11. The number of amides is 1. The minimum Gasteiger partial charge on any atom is -0.381 e. The van der Waals surface area contributed by atoms with Crippen molar-refractivity contribution in [2.45, 2.75) is 32.4 Å². The van der Waals surface area contributed by atoms with Crippen LogP contribution in [-0.4, -0.2) is 67.8 Å². The summed E-state index contributed by atoms with van der Waals surface area (Å²) >= 11 is 1.88. The van der Waals surface area contributed by atoms with Crippen molar-refractivity contribution in [3.8, 4) is 0 Å². The van der Waals surface area contributed by atoms with Crippen LogP contribution < -0.4 is 0 Å². The molecule has 4 rings (SSSR count). The average Bonchev–Trinajstić information content (AvgIpc) is 2.82. The van der Waals surface area contributed by atoms with Gasteiger partial charge in [-0.1, -0.05) is 0 Å². The van der Waals surface area contributed by atoms with E-state index in [0.29, 0.717) is 17.9 Å². The van der Waals surface area contributed by atoms with Crippen LogP contribution in [0.4, 0.5) is 0 Å². The molecule has 1 aromatic heterocycles. The second-order valence-electron chi connectivity index (χ2n) is 7.63. The van der Waals surface area contributed by atoms with E-state index < -0.39 is 0 Å². The summed E-state index contributed by atoms with van der Waals surface area (Å²) in [6.07, 6.45) is 1.75. The lowest BCUT2D eigenvalue weighted by atomic mass is 9.98. The van der Waals surface area contributed by atoms with E-state index in [1.54, 1.807) is 0 Å². The first kappa shape index (κ1) is 17.5. The molecule has 2 atom stereocenters. The number of hydrogen-bond acceptors (Lipinski definition) is 5. The summed E-state index contributed by atoms with van der Waals surface area (Å²) < 4.78 is 11.3. The molecule has 138 valence electrons. The lowest BCUT2D eigenvalue weighted by Crippen LogP contribution is -2.47. The summed E-state index contributed by atoms with van der Waals surface area (Å²) in [6.45, 7) is 8.76. The third-order valence-corrected chi connectivity index (χ3v) is 6.61. The van der Waals surface area contributed by atoms with E-state index >= 15 is 0 Å². The number of rotatable bonds is 3. The average molecular weight is 365 g/mol. The van der Waals surface area contributed by atoms with E-state index in [1.807, 2.05) is 11.3 Å². The molecule has 1 amide bonds. The molecule has 3 aliphatic heterocycles. The molecule has 1 aromatic rings.